The first-order valence-electron chi connectivity index (χ1n) is 6.65. The summed E-state index contributed by atoms with van der Waals surface area (Å²) in [6, 6.07) is 7.53. The second kappa shape index (κ2) is 3.32. The Kier molecular flexibility index (Phi) is 1.94. The standard InChI is InChI=1S/C14H15NO3/c16-15(17)12-11-7-3-4-8-14(11)10-6-2-1-5-9(10)13(12)18-14/h1-2,5-6,11-13H,3-4,7-8H2/t11-,12-,13-,14+/m0/s1. The van der Waals surface area contributed by atoms with Crippen molar-refractivity contribution in [3.63, 3.8) is 0 Å². The summed E-state index contributed by atoms with van der Waals surface area (Å²) in [4.78, 5) is 11.3. The fourth-order valence-corrected chi connectivity index (χ4v) is 4.30. The van der Waals surface area contributed by atoms with Crippen LogP contribution in [0.2, 0.25) is 0 Å². The summed E-state index contributed by atoms with van der Waals surface area (Å²) < 4.78 is 6.17. The lowest BCUT2D eigenvalue weighted by molar-refractivity contribution is -0.537. The molecule has 0 N–H and O–H groups in total. The minimum atomic E-state index is -0.541. The molecule has 4 atom stereocenters. The zero-order valence-electron chi connectivity index (χ0n) is 10.0. The van der Waals surface area contributed by atoms with E-state index in [1.807, 2.05) is 18.2 Å². The molecule has 94 valence electrons. The number of hydrogen-bond donors (Lipinski definition) is 0. The summed E-state index contributed by atoms with van der Waals surface area (Å²) in [5, 5.41) is 11.4. The largest absolute Gasteiger partial charge is 0.355 e. The Hall–Kier alpha value is -1.42. The highest BCUT2D eigenvalue weighted by Gasteiger charge is 2.67. The van der Waals surface area contributed by atoms with Crippen molar-refractivity contribution in [3.8, 4) is 0 Å². The third kappa shape index (κ3) is 1.05. The summed E-state index contributed by atoms with van der Waals surface area (Å²) in [6.07, 6.45) is 3.75. The van der Waals surface area contributed by atoms with Crippen LogP contribution in [0.1, 0.15) is 42.9 Å². The topological polar surface area (TPSA) is 52.4 Å². The van der Waals surface area contributed by atoms with Crippen molar-refractivity contribution in [1.29, 1.82) is 0 Å². The first kappa shape index (κ1) is 10.5. The maximum atomic E-state index is 11.4. The van der Waals surface area contributed by atoms with E-state index in [0.717, 1.165) is 31.2 Å². The maximum absolute atomic E-state index is 11.4. The lowest BCUT2D eigenvalue weighted by Crippen LogP contribution is -2.43. The number of ether oxygens (including phenoxy) is 1. The van der Waals surface area contributed by atoms with E-state index in [0.29, 0.717) is 0 Å². The summed E-state index contributed by atoms with van der Waals surface area (Å²) >= 11 is 0. The Morgan fingerprint density at radius 3 is 3.00 bits per heavy atom. The first-order valence-corrected chi connectivity index (χ1v) is 6.65. The van der Waals surface area contributed by atoms with Gasteiger partial charge in [0.25, 0.3) is 0 Å². The molecular formula is C14H15NO3. The Balaban J connectivity index is 1.92. The van der Waals surface area contributed by atoms with Gasteiger partial charge in [0, 0.05) is 4.92 Å². The van der Waals surface area contributed by atoms with Gasteiger partial charge in [0.2, 0.25) is 6.04 Å². The van der Waals surface area contributed by atoms with Crippen LogP contribution < -0.4 is 0 Å². The summed E-state index contributed by atoms with van der Waals surface area (Å²) in [6.45, 7) is 0. The van der Waals surface area contributed by atoms with E-state index in [1.165, 1.54) is 5.56 Å². The van der Waals surface area contributed by atoms with E-state index in [1.54, 1.807) is 0 Å². The molecule has 1 aliphatic carbocycles. The molecule has 4 rings (SSSR count). The molecule has 2 bridgehead atoms. The molecule has 0 unspecified atom stereocenters. The molecular weight excluding hydrogens is 230 g/mol. The molecule has 1 saturated heterocycles. The third-order valence-electron chi connectivity index (χ3n) is 4.94. The molecule has 0 aromatic heterocycles. The quantitative estimate of drug-likeness (QED) is 0.564. The molecule has 4 heteroatoms. The number of fused-ring (bicyclic) bond motifs is 3. The van der Waals surface area contributed by atoms with Crippen LogP contribution in [-0.2, 0) is 10.3 Å². The van der Waals surface area contributed by atoms with Crippen molar-refractivity contribution in [3.05, 3.63) is 45.5 Å². The lowest BCUT2D eigenvalue weighted by atomic mass is 9.65. The molecule has 1 aromatic carbocycles. The van der Waals surface area contributed by atoms with Crippen molar-refractivity contribution < 1.29 is 9.66 Å². The van der Waals surface area contributed by atoms with Crippen LogP contribution >= 0.6 is 0 Å². The zero-order chi connectivity index (χ0) is 12.3. The van der Waals surface area contributed by atoms with Crippen LogP contribution in [0.5, 0.6) is 0 Å². The Labute approximate surface area is 105 Å². The van der Waals surface area contributed by atoms with Crippen molar-refractivity contribution in [2.24, 2.45) is 5.92 Å². The van der Waals surface area contributed by atoms with Crippen LogP contribution in [0.3, 0.4) is 0 Å². The number of nitro groups is 1. The van der Waals surface area contributed by atoms with Gasteiger partial charge in [-0.3, -0.25) is 10.1 Å². The van der Waals surface area contributed by atoms with Crippen LogP contribution in [-0.4, -0.2) is 11.0 Å². The normalized spacial score (nSPS) is 40.3. The van der Waals surface area contributed by atoms with Gasteiger partial charge >= 0.3 is 0 Å². The molecule has 0 amide bonds. The van der Waals surface area contributed by atoms with Gasteiger partial charge in [0.1, 0.15) is 5.60 Å². The molecule has 2 heterocycles. The molecule has 3 aliphatic rings. The van der Waals surface area contributed by atoms with E-state index in [2.05, 4.69) is 6.07 Å². The highest BCUT2D eigenvalue weighted by atomic mass is 16.6. The molecule has 1 aromatic rings. The predicted octanol–water partition coefficient (Wildman–Crippen LogP) is 2.80. The van der Waals surface area contributed by atoms with E-state index >= 15 is 0 Å². The van der Waals surface area contributed by atoms with Gasteiger partial charge < -0.3 is 4.74 Å². The second-order valence-corrected chi connectivity index (χ2v) is 5.64. The van der Waals surface area contributed by atoms with Crippen molar-refractivity contribution >= 4 is 0 Å². The smallest absolute Gasteiger partial charge is 0.248 e. The van der Waals surface area contributed by atoms with Gasteiger partial charge in [-0.15, -0.1) is 0 Å². The lowest BCUT2D eigenvalue weighted by Gasteiger charge is -2.38. The molecule has 1 saturated carbocycles. The number of hydrogen-bond acceptors (Lipinski definition) is 3. The van der Waals surface area contributed by atoms with Crippen molar-refractivity contribution in [1.82, 2.24) is 0 Å². The van der Waals surface area contributed by atoms with Crippen LogP contribution in [0, 0.1) is 16.0 Å². The minimum absolute atomic E-state index is 0.0705. The SMILES string of the molecule is O=[N+]([O-])[C@@H]1[C@H]2O[C@]3(CCCC[C@@H]13)c1ccccc12. The summed E-state index contributed by atoms with van der Waals surface area (Å²) in [5.74, 6) is 0.0705. The summed E-state index contributed by atoms with van der Waals surface area (Å²) in [7, 11) is 0. The highest BCUT2D eigenvalue weighted by Crippen LogP contribution is 2.63. The molecule has 1 spiro atoms. The van der Waals surface area contributed by atoms with Gasteiger partial charge in [-0.2, -0.15) is 0 Å². The second-order valence-electron chi connectivity index (χ2n) is 5.64. The van der Waals surface area contributed by atoms with Crippen LogP contribution in [0.25, 0.3) is 0 Å². The predicted molar refractivity (Wildman–Crippen MR) is 64.7 cm³/mol. The monoisotopic (exact) mass is 245 g/mol. The first-order chi connectivity index (χ1) is 8.74. The van der Waals surface area contributed by atoms with Gasteiger partial charge in [-0.25, -0.2) is 0 Å². The Bertz CT molecular complexity index is 530. The van der Waals surface area contributed by atoms with Gasteiger partial charge in [-0.1, -0.05) is 37.1 Å². The van der Waals surface area contributed by atoms with Gasteiger partial charge in [-0.05, 0) is 24.0 Å². The van der Waals surface area contributed by atoms with E-state index in [4.69, 9.17) is 4.74 Å². The summed E-state index contributed by atoms with van der Waals surface area (Å²) in [5.41, 5.74) is 1.92. The maximum Gasteiger partial charge on any atom is 0.248 e. The van der Waals surface area contributed by atoms with Crippen LogP contribution in [0.15, 0.2) is 24.3 Å². The number of nitrogens with zero attached hydrogens (tertiary/aromatic N) is 1. The number of rotatable bonds is 1. The van der Waals surface area contributed by atoms with E-state index < -0.39 is 6.04 Å². The fraction of sp³-hybridized carbons (Fsp3) is 0.571. The number of benzene rings is 1. The van der Waals surface area contributed by atoms with Gasteiger partial charge in [0.05, 0.1) is 5.92 Å². The Morgan fingerprint density at radius 2 is 2.17 bits per heavy atom. The van der Waals surface area contributed by atoms with E-state index in [-0.39, 0.29) is 22.5 Å². The zero-order valence-corrected chi connectivity index (χ0v) is 10.0. The van der Waals surface area contributed by atoms with Crippen molar-refractivity contribution in [2.45, 2.75) is 43.4 Å². The highest BCUT2D eigenvalue weighted by molar-refractivity contribution is 5.43. The minimum Gasteiger partial charge on any atom is -0.355 e. The fourth-order valence-electron chi connectivity index (χ4n) is 4.30. The van der Waals surface area contributed by atoms with Crippen LogP contribution in [0.4, 0.5) is 0 Å². The molecule has 0 radical (unpaired) electrons. The molecule has 18 heavy (non-hydrogen) atoms. The Morgan fingerprint density at radius 1 is 1.33 bits per heavy atom. The molecule has 4 nitrogen and oxygen atoms in total. The van der Waals surface area contributed by atoms with Gasteiger partial charge in [0.15, 0.2) is 6.10 Å². The third-order valence-corrected chi connectivity index (χ3v) is 4.94. The average Bonchev–Trinajstić information content (AvgIpc) is 2.89. The molecule has 2 fully saturated rings. The van der Waals surface area contributed by atoms with Crippen molar-refractivity contribution in [2.75, 3.05) is 0 Å². The van der Waals surface area contributed by atoms with E-state index in [9.17, 15) is 10.1 Å². The average molecular weight is 245 g/mol. The molecule has 2 aliphatic heterocycles.